The molecular weight excluding hydrogens is 416 g/mol. The average Bonchev–Trinajstić information content (AvgIpc) is 3.45. The van der Waals surface area contributed by atoms with Gasteiger partial charge in [-0.05, 0) is 12.1 Å². The molecule has 0 spiro atoms. The molecule has 1 atom stereocenters. The van der Waals surface area contributed by atoms with Crippen molar-refractivity contribution < 1.29 is 23.8 Å². The van der Waals surface area contributed by atoms with Crippen LogP contribution in [-0.4, -0.2) is 36.6 Å². The summed E-state index contributed by atoms with van der Waals surface area (Å²) in [6.45, 7) is 1.36. The van der Waals surface area contributed by atoms with Gasteiger partial charge >= 0.3 is 5.97 Å². The maximum Gasteiger partial charge on any atom is 0.311 e. The number of hydrogen-bond donors (Lipinski definition) is 0. The summed E-state index contributed by atoms with van der Waals surface area (Å²) in [5.74, 6) is 0.269. The van der Waals surface area contributed by atoms with Crippen molar-refractivity contribution in [2.45, 2.75) is 13.0 Å². The minimum atomic E-state index is -0.507. The highest BCUT2D eigenvalue weighted by Gasteiger charge is 2.36. The van der Waals surface area contributed by atoms with Gasteiger partial charge in [-0.25, -0.2) is 4.98 Å². The van der Waals surface area contributed by atoms with Crippen molar-refractivity contribution in [3.63, 3.8) is 0 Å². The molecule has 1 aromatic heterocycles. The second-order valence-electron chi connectivity index (χ2n) is 7.35. The Morgan fingerprint density at radius 1 is 1.13 bits per heavy atom. The quantitative estimate of drug-likeness (QED) is 0.568. The Morgan fingerprint density at radius 3 is 2.77 bits per heavy atom. The lowest BCUT2D eigenvalue weighted by molar-refractivity contribution is -0.149. The van der Waals surface area contributed by atoms with Gasteiger partial charge in [0.25, 0.3) is 0 Å². The van der Waals surface area contributed by atoms with Gasteiger partial charge in [0, 0.05) is 35.7 Å². The van der Waals surface area contributed by atoms with Crippen molar-refractivity contribution in [1.82, 2.24) is 4.98 Å². The van der Waals surface area contributed by atoms with Crippen LogP contribution in [0.2, 0.25) is 0 Å². The SMILES string of the molecule is O=C(OCc1csc(-c2ccccc2)n1)[C@H]1CC(=O)N(c2ccc3c(c2)OCCO3)C1. The normalized spacial score (nSPS) is 17.6. The lowest BCUT2D eigenvalue weighted by Crippen LogP contribution is -2.26. The van der Waals surface area contributed by atoms with Gasteiger partial charge in [0.05, 0.1) is 11.6 Å². The second kappa shape index (κ2) is 8.39. The number of fused-ring (bicyclic) bond motifs is 1. The zero-order valence-corrected chi connectivity index (χ0v) is 17.5. The van der Waals surface area contributed by atoms with Gasteiger partial charge in [0.2, 0.25) is 5.91 Å². The molecule has 1 saturated heterocycles. The van der Waals surface area contributed by atoms with E-state index in [0.717, 1.165) is 10.6 Å². The number of carbonyl (C=O) groups is 2. The van der Waals surface area contributed by atoms with E-state index in [-0.39, 0.29) is 31.4 Å². The van der Waals surface area contributed by atoms with Crippen molar-refractivity contribution in [3.8, 4) is 22.1 Å². The van der Waals surface area contributed by atoms with Crippen LogP contribution in [-0.2, 0) is 20.9 Å². The van der Waals surface area contributed by atoms with Gasteiger partial charge in [-0.15, -0.1) is 11.3 Å². The van der Waals surface area contributed by atoms with Crippen molar-refractivity contribution >= 4 is 28.9 Å². The second-order valence-corrected chi connectivity index (χ2v) is 8.21. The molecule has 2 aromatic carbocycles. The van der Waals surface area contributed by atoms with Crippen LogP contribution in [0.15, 0.2) is 53.9 Å². The van der Waals surface area contributed by atoms with E-state index in [4.69, 9.17) is 14.2 Å². The number of aromatic nitrogens is 1. The zero-order chi connectivity index (χ0) is 21.2. The summed E-state index contributed by atoms with van der Waals surface area (Å²) in [6.07, 6.45) is 0.125. The number of carbonyl (C=O) groups excluding carboxylic acids is 2. The fraction of sp³-hybridized carbons (Fsp3) is 0.261. The van der Waals surface area contributed by atoms with E-state index in [2.05, 4.69) is 4.98 Å². The molecule has 0 aliphatic carbocycles. The van der Waals surface area contributed by atoms with Gasteiger partial charge < -0.3 is 19.1 Å². The number of amides is 1. The highest BCUT2D eigenvalue weighted by atomic mass is 32.1. The van der Waals surface area contributed by atoms with Gasteiger partial charge in [-0.3, -0.25) is 9.59 Å². The molecule has 158 valence electrons. The Labute approximate surface area is 183 Å². The smallest absolute Gasteiger partial charge is 0.311 e. The maximum atomic E-state index is 12.6. The van der Waals surface area contributed by atoms with Crippen LogP contribution in [0.4, 0.5) is 5.69 Å². The fourth-order valence-electron chi connectivity index (χ4n) is 3.66. The van der Waals surface area contributed by atoms with E-state index in [1.807, 2.05) is 35.7 Å². The highest BCUT2D eigenvalue weighted by Crippen LogP contribution is 2.36. The number of nitrogens with zero attached hydrogens (tertiary/aromatic N) is 2. The third-order valence-electron chi connectivity index (χ3n) is 5.23. The van der Waals surface area contributed by atoms with Crippen LogP contribution in [0.25, 0.3) is 10.6 Å². The van der Waals surface area contributed by atoms with E-state index in [9.17, 15) is 9.59 Å². The van der Waals surface area contributed by atoms with Crippen molar-refractivity contribution in [3.05, 3.63) is 59.6 Å². The van der Waals surface area contributed by atoms with Crippen LogP contribution in [0.3, 0.4) is 0 Å². The van der Waals surface area contributed by atoms with Crippen molar-refractivity contribution in [2.75, 3.05) is 24.7 Å². The minimum absolute atomic E-state index is 0.0941. The summed E-state index contributed by atoms with van der Waals surface area (Å²) in [4.78, 5) is 31.2. The van der Waals surface area contributed by atoms with Crippen molar-refractivity contribution in [1.29, 1.82) is 0 Å². The summed E-state index contributed by atoms with van der Waals surface area (Å²) in [5, 5.41) is 2.77. The maximum absolute atomic E-state index is 12.6. The predicted molar refractivity (Wildman–Crippen MR) is 115 cm³/mol. The van der Waals surface area contributed by atoms with Gasteiger partial charge in [-0.1, -0.05) is 30.3 Å². The van der Waals surface area contributed by atoms with Gasteiger partial charge in [0.15, 0.2) is 11.5 Å². The van der Waals surface area contributed by atoms with Gasteiger partial charge in [-0.2, -0.15) is 0 Å². The Kier molecular flexibility index (Phi) is 5.30. The van der Waals surface area contributed by atoms with Gasteiger partial charge in [0.1, 0.15) is 24.8 Å². The first-order chi connectivity index (χ1) is 15.2. The Balaban J connectivity index is 1.20. The minimum Gasteiger partial charge on any atom is -0.486 e. The molecule has 2 aliphatic rings. The highest BCUT2D eigenvalue weighted by molar-refractivity contribution is 7.13. The summed E-state index contributed by atoms with van der Waals surface area (Å²) < 4.78 is 16.6. The van der Waals surface area contributed by atoms with Crippen LogP contribution < -0.4 is 14.4 Å². The molecule has 1 fully saturated rings. The number of thiazole rings is 1. The number of anilines is 1. The van der Waals surface area contributed by atoms with Crippen molar-refractivity contribution in [2.24, 2.45) is 5.92 Å². The molecule has 0 N–H and O–H groups in total. The molecule has 0 bridgehead atoms. The molecule has 7 nitrogen and oxygen atoms in total. The monoisotopic (exact) mass is 436 g/mol. The number of benzene rings is 2. The number of esters is 1. The lowest BCUT2D eigenvalue weighted by Gasteiger charge is -2.22. The zero-order valence-electron chi connectivity index (χ0n) is 16.7. The summed E-state index contributed by atoms with van der Waals surface area (Å²) in [6, 6.07) is 15.2. The van der Waals surface area contributed by atoms with E-state index in [0.29, 0.717) is 36.1 Å². The molecule has 31 heavy (non-hydrogen) atoms. The number of ether oxygens (including phenoxy) is 3. The topological polar surface area (TPSA) is 78.0 Å². The summed E-state index contributed by atoms with van der Waals surface area (Å²) in [7, 11) is 0. The molecule has 0 unspecified atom stereocenters. The first-order valence-corrected chi connectivity index (χ1v) is 10.9. The van der Waals surface area contributed by atoms with E-state index >= 15 is 0 Å². The van der Waals surface area contributed by atoms with E-state index < -0.39 is 5.92 Å². The molecule has 3 heterocycles. The first-order valence-electron chi connectivity index (χ1n) is 10.0. The Bertz CT molecular complexity index is 1110. The molecular formula is C23H20N2O5S. The third-order valence-corrected chi connectivity index (χ3v) is 6.17. The molecule has 5 rings (SSSR count). The Morgan fingerprint density at radius 2 is 1.94 bits per heavy atom. The number of hydrogen-bond acceptors (Lipinski definition) is 7. The first kappa shape index (κ1) is 19.6. The molecule has 3 aromatic rings. The largest absolute Gasteiger partial charge is 0.486 e. The average molecular weight is 436 g/mol. The van der Waals surface area contributed by atoms with Crippen LogP contribution >= 0.6 is 11.3 Å². The third kappa shape index (κ3) is 4.11. The molecule has 0 saturated carbocycles. The summed E-state index contributed by atoms with van der Waals surface area (Å²) in [5.41, 5.74) is 2.42. The predicted octanol–water partition coefficient (Wildman–Crippen LogP) is 3.68. The van der Waals surface area contributed by atoms with E-state index in [1.54, 1.807) is 23.1 Å². The molecule has 8 heteroatoms. The van der Waals surface area contributed by atoms with Crippen LogP contribution in [0, 0.1) is 5.92 Å². The molecule has 0 radical (unpaired) electrons. The number of rotatable bonds is 5. The lowest BCUT2D eigenvalue weighted by atomic mass is 10.1. The van der Waals surface area contributed by atoms with E-state index in [1.165, 1.54) is 11.3 Å². The Hall–Kier alpha value is -3.39. The summed E-state index contributed by atoms with van der Waals surface area (Å²) >= 11 is 1.51. The fourth-order valence-corrected chi connectivity index (χ4v) is 4.47. The van der Waals surface area contributed by atoms with Crippen LogP contribution in [0.1, 0.15) is 12.1 Å². The standard InChI is InChI=1S/C23H20N2O5S/c26-21-10-16(12-25(21)18-6-7-19-20(11-18)29-9-8-28-19)23(27)30-13-17-14-31-22(24-17)15-4-2-1-3-5-15/h1-7,11,14,16H,8-10,12-13H2/t16-/m0/s1. The molecule has 2 aliphatic heterocycles. The van der Waals surface area contributed by atoms with Crippen LogP contribution in [0.5, 0.6) is 11.5 Å². The molecule has 1 amide bonds.